The van der Waals surface area contributed by atoms with Crippen LogP contribution in [0, 0.1) is 0 Å². The lowest BCUT2D eigenvalue weighted by Crippen LogP contribution is -2.31. The molecule has 1 aliphatic rings. The highest BCUT2D eigenvalue weighted by Gasteiger charge is 2.20. The Hall–Kier alpha value is -0.510. The largest absolute Gasteiger partial charge is 0.242 e. The Labute approximate surface area is 89.8 Å². The zero-order valence-electron chi connectivity index (χ0n) is 8.44. The van der Waals surface area contributed by atoms with Gasteiger partial charge in [0.2, 0.25) is 0 Å². The molecule has 14 heavy (non-hydrogen) atoms. The Kier molecular flexibility index (Phi) is 3.45. The monoisotopic (exact) mass is 208 g/mol. The fourth-order valence-corrected chi connectivity index (χ4v) is 2.34. The molecule has 0 saturated carbocycles. The highest BCUT2D eigenvalue weighted by molar-refractivity contribution is 7.96. The van der Waals surface area contributed by atoms with Gasteiger partial charge in [-0.05, 0) is 24.7 Å². The van der Waals surface area contributed by atoms with Gasteiger partial charge in [0.15, 0.2) is 0 Å². The van der Waals surface area contributed by atoms with E-state index in [0.717, 1.165) is 13.0 Å². The maximum absolute atomic E-state index is 3.49. The van der Waals surface area contributed by atoms with Crippen molar-refractivity contribution < 1.29 is 0 Å². The molecule has 1 heterocycles. The zero-order chi connectivity index (χ0) is 9.80. The van der Waals surface area contributed by atoms with Gasteiger partial charge >= 0.3 is 0 Å². The van der Waals surface area contributed by atoms with E-state index in [-0.39, 0.29) is 0 Å². The minimum atomic E-state index is 0.616. The van der Waals surface area contributed by atoms with Gasteiger partial charge in [-0.3, -0.25) is 0 Å². The highest BCUT2D eigenvalue weighted by atomic mass is 32.2. The Morgan fingerprint density at radius 3 is 2.86 bits per heavy atom. The van der Waals surface area contributed by atoms with Crippen molar-refractivity contribution in [1.29, 1.82) is 0 Å². The molecule has 0 aromatic heterocycles. The number of hydrazine groups is 1. The summed E-state index contributed by atoms with van der Waals surface area (Å²) in [6.45, 7) is 1.15. The van der Waals surface area contributed by atoms with Crippen LogP contribution in [0.4, 0.5) is 0 Å². The fraction of sp³-hybridized carbons (Fsp3) is 0.455. The minimum absolute atomic E-state index is 0.616. The van der Waals surface area contributed by atoms with E-state index in [0.29, 0.717) is 6.04 Å². The third-order valence-electron chi connectivity index (χ3n) is 2.55. The summed E-state index contributed by atoms with van der Waals surface area (Å²) in [5.41, 5.74) is 4.91. The molecule has 1 aliphatic heterocycles. The molecule has 1 N–H and O–H groups in total. The summed E-state index contributed by atoms with van der Waals surface area (Å²) < 4.78 is 2.22. The van der Waals surface area contributed by atoms with E-state index in [1.807, 2.05) is 0 Å². The summed E-state index contributed by atoms with van der Waals surface area (Å²) in [6, 6.07) is 11.3. The average Bonchev–Trinajstić information content (AvgIpc) is 2.67. The summed E-state index contributed by atoms with van der Waals surface area (Å²) in [5.74, 6) is 0. The third kappa shape index (κ3) is 2.50. The van der Waals surface area contributed by atoms with E-state index < -0.39 is 0 Å². The molecule has 2 rings (SSSR count). The lowest BCUT2D eigenvalue weighted by molar-refractivity contribution is 0.413. The predicted octanol–water partition coefficient (Wildman–Crippen LogP) is 2.09. The second-order valence-electron chi connectivity index (χ2n) is 3.59. The van der Waals surface area contributed by atoms with Gasteiger partial charge in [-0.15, -0.1) is 0 Å². The van der Waals surface area contributed by atoms with Gasteiger partial charge in [0.1, 0.15) is 0 Å². The highest BCUT2D eigenvalue weighted by Crippen LogP contribution is 2.16. The topological polar surface area (TPSA) is 15.3 Å². The first-order chi connectivity index (χ1) is 6.88. The molecule has 1 aromatic carbocycles. The number of hydrogen-bond acceptors (Lipinski definition) is 3. The Morgan fingerprint density at radius 1 is 1.43 bits per heavy atom. The van der Waals surface area contributed by atoms with Crippen LogP contribution >= 0.6 is 11.9 Å². The quantitative estimate of drug-likeness (QED) is 0.766. The van der Waals surface area contributed by atoms with E-state index in [1.54, 1.807) is 11.9 Å². The van der Waals surface area contributed by atoms with Gasteiger partial charge in [-0.25, -0.2) is 5.43 Å². The van der Waals surface area contributed by atoms with Crippen molar-refractivity contribution >= 4 is 11.9 Å². The van der Waals surface area contributed by atoms with E-state index >= 15 is 0 Å². The molecule has 2 nitrogen and oxygen atoms in total. The maximum atomic E-state index is 3.49. The van der Waals surface area contributed by atoms with Gasteiger partial charge < -0.3 is 0 Å². The summed E-state index contributed by atoms with van der Waals surface area (Å²) in [5, 5.41) is 0. The van der Waals surface area contributed by atoms with Crippen LogP contribution in [0.5, 0.6) is 0 Å². The normalized spacial score (nSPS) is 22.8. The summed E-state index contributed by atoms with van der Waals surface area (Å²) >= 11 is 1.77. The van der Waals surface area contributed by atoms with Crippen LogP contribution in [0.1, 0.15) is 12.0 Å². The van der Waals surface area contributed by atoms with E-state index in [4.69, 9.17) is 0 Å². The fourth-order valence-electron chi connectivity index (χ4n) is 1.80. The van der Waals surface area contributed by atoms with Crippen molar-refractivity contribution in [2.75, 3.05) is 12.8 Å². The standard InChI is InChI=1S/C11H16N2S/c1-14-13-8-7-11(12-13)9-10-5-3-2-4-6-10/h2-6,11-12H,7-9H2,1H3. The molecule has 1 aromatic rings. The Balaban J connectivity index is 1.88. The van der Waals surface area contributed by atoms with Gasteiger partial charge in [-0.1, -0.05) is 42.3 Å². The number of nitrogens with one attached hydrogen (secondary N) is 1. The summed E-state index contributed by atoms with van der Waals surface area (Å²) in [4.78, 5) is 0. The van der Waals surface area contributed by atoms with E-state index in [9.17, 15) is 0 Å². The number of nitrogens with zero attached hydrogens (tertiary/aromatic N) is 1. The number of hydrogen-bond donors (Lipinski definition) is 1. The first kappa shape index (κ1) is 10.0. The number of rotatable bonds is 3. The summed E-state index contributed by atoms with van der Waals surface area (Å²) in [6.07, 6.45) is 4.49. The Morgan fingerprint density at radius 2 is 2.21 bits per heavy atom. The van der Waals surface area contributed by atoms with Gasteiger partial charge in [0, 0.05) is 12.6 Å². The van der Waals surface area contributed by atoms with Crippen molar-refractivity contribution in [2.45, 2.75) is 18.9 Å². The lowest BCUT2D eigenvalue weighted by Gasteiger charge is -2.14. The summed E-state index contributed by atoms with van der Waals surface area (Å²) in [7, 11) is 0. The van der Waals surface area contributed by atoms with Crippen LogP contribution in [0.2, 0.25) is 0 Å². The molecule has 1 atom stereocenters. The molecule has 0 spiro atoms. The first-order valence-electron chi connectivity index (χ1n) is 5.00. The van der Waals surface area contributed by atoms with Crippen LogP contribution < -0.4 is 5.43 Å². The van der Waals surface area contributed by atoms with Gasteiger partial charge in [0.05, 0.1) is 0 Å². The van der Waals surface area contributed by atoms with Crippen LogP contribution in [0.15, 0.2) is 30.3 Å². The SMILES string of the molecule is CSN1CCC(Cc2ccccc2)N1. The first-order valence-corrected chi connectivity index (χ1v) is 6.18. The van der Waals surface area contributed by atoms with Crippen LogP contribution in [-0.4, -0.2) is 23.3 Å². The van der Waals surface area contributed by atoms with Crippen molar-refractivity contribution in [3.05, 3.63) is 35.9 Å². The third-order valence-corrected chi connectivity index (χ3v) is 3.28. The molecule has 0 aliphatic carbocycles. The Bertz CT molecular complexity index is 276. The van der Waals surface area contributed by atoms with E-state index in [2.05, 4.69) is 46.4 Å². The smallest absolute Gasteiger partial charge is 0.0277 e. The molecule has 1 fully saturated rings. The van der Waals surface area contributed by atoms with Crippen molar-refractivity contribution in [3.8, 4) is 0 Å². The lowest BCUT2D eigenvalue weighted by atomic mass is 10.1. The average molecular weight is 208 g/mol. The molecule has 0 radical (unpaired) electrons. The number of benzene rings is 1. The minimum Gasteiger partial charge on any atom is -0.242 e. The molecule has 0 bridgehead atoms. The van der Waals surface area contributed by atoms with Crippen LogP contribution in [0.25, 0.3) is 0 Å². The van der Waals surface area contributed by atoms with Crippen molar-refractivity contribution in [3.63, 3.8) is 0 Å². The molecule has 3 heteroatoms. The second-order valence-corrected chi connectivity index (χ2v) is 4.40. The van der Waals surface area contributed by atoms with Crippen molar-refractivity contribution in [1.82, 2.24) is 9.84 Å². The van der Waals surface area contributed by atoms with E-state index in [1.165, 1.54) is 12.0 Å². The van der Waals surface area contributed by atoms with Crippen LogP contribution in [-0.2, 0) is 6.42 Å². The zero-order valence-corrected chi connectivity index (χ0v) is 9.26. The van der Waals surface area contributed by atoms with Crippen LogP contribution in [0.3, 0.4) is 0 Å². The molecule has 76 valence electrons. The predicted molar refractivity (Wildman–Crippen MR) is 61.9 cm³/mol. The molecular formula is C11H16N2S. The molecular weight excluding hydrogens is 192 g/mol. The van der Waals surface area contributed by atoms with Gasteiger partial charge in [0.25, 0.3) is 0 Å². The van der Waals surface area contributed by atoms with Gasteiger partial charge in [-0.2, -0.15) is 4.41 Å². The maximum Gasteiger partial charge on any atom is 0.0277 e. The molecule has 1 saturated heterocycles. The molecule has 0 amide bonds. The molecule has 1 unspecified atom stereocenters. The second kappa shape index (κ2) is 4.82. The van der Waals surface area contributed by atoms with Crippen molar-refractivity contribution in [2.24, 2.45) is 0 Å².